The highest BCUT2D eigenvalue weighted by molar-refractivity contribution is 6.36. The van der Waals surface area contributed by atoms with Gasteiger partial charge in [-0.2, -0.15) is 0 Å². The fraction of sp³-hybridized carbons (Fsp3) is 0.429. The molecule has 0 saturated carbocycles. The van der Waals surface area contributed by atoms with Crippen molar-refractivity contribution in [2.75, 3.05) is 13.1 Å². The number of aliphatic carboxylic acids is 1. The fourth-order valence-electron chi connectivity index (χ4n) is 2.42. The van der Waals surface area contributed by atoms with Crippen molar-refractivity contribution < 1.29 is 14.7 Å². The van der Waals surface area contributed by atoms with E-state index >= 15 is 0 Å². The van der Waals surface area contributed by atoms with Crippen LogP contribution in [0.5, 0.6) is 0 Å². The second kappa shape index (κ2) is 5.62. The van der Waals surface area contributed by atoms with Crippen LogP contribution in [0.4, 0.5) is 0 Å². The quantitative estimate of drug-likeness (QED) is 0.910. The molecule has 1 amide bonds. The van der Waals surface area contributed by atoms with Crippen LogP contribution in [0.15, 0.2) is 18.2 Å². The van der Waals surface area contributed by atoms with Crippen molar-refractivity contribution in [3.05, 3.63) is 33.8 Å². The van der Waals surface area contributed by atoms with Gasteiger partial charge in [-0.1, -0.05) is 23.2 Å². The summed E-state index contributed by atoms with van der Waals surface area (Å²) in [4.78, 5) is 25.3. The average Bonchev–Trinajstić information content (AvgIpc) is 2.38. The van der Waals surface area contributed by atoms with E-state index in [0.717, 1.165) is 0 Å². The van der Waals surface area contributed by atoms with Crippen molar-refractivity contribution >= 4 is 35.1 Å². The number of hydrogen-bond acceptors (Lipinski definition) is 2. The van der Waals surface area contributed by atoms with E-state index in [9.17, 15) is 14.7 Å². The number of piperidine rings is 1. The lowest BCUT2D eigenvalue weighted by atomic mass is 9.82. The predicted octanol–water partition coefficient (Wildman–Crippen LogP) is 3.32. The second-order valence-corrected chi connectivity index (χ2v) is 6.16. The maximum atomic E-state index is 12.4. The number of amides is 1. The van der Waals surface area contributed by atoms with E-state index in [1.807, 2.05) is 0 Å². The highest BCUT2D eigenvalue weighted by atomic mass is 35.5. The van der Waals surface area contributed by atoms with Crippen molar-refractivity contribution in [3.63, 3.8) is 0 Å². The van der Waals surface area contributed by atoms with Gasteiger partial charge in [0, 0.05) is 18.1 Å². The Bertz CT molecular complexity index is 561. The van der Waals surface area contributed by atoms with Gasteiger partial charge in [0.25, 0.3) is 5.91 Å². The Kier molecular flexibility index (Phi) is 4.25. The zero-order chi connectivity index (χ0) is 14.9. The van der Waals surface area contributed by atoms with Crippen LogP contribution in [0.3, 0.4) is 0 Å². The zero-order valence-corrected chi connectivity index (χ0v) is 12.5. The molecule has 1 N–H and O–H groups in total. The summed E-state index contributed by atoms with van der Waals surface area (Å²) in [7, 11) is 0. The van der Waals surface area contributed by atoms with Crippen LogP contribution >= 0.6 is 23.2 Å². The van der Waals surface area contributed by atoms with Crippen LogP contribution in [0, 0.1) is 5.41 Å². The Morgan fingerprint density at radius 1 is 1.35 bits per heavy atom. The van der Waals surface area contributed by atoms with Crippen molar-refractivity contribution in [1.29, 1.82) is 0 Å². The molecule has 1 fully saturated rings. The highest BCUT2D eigenvalue weighted by Gasteiger charge is 2.39. The minimum atomic E-state index is -0.896. The van der Waals surface area contributed by atoms with Gasteiger partial charge in [0.05, 0.1) is 16.0 Å². The summed E-state index contributed by atoms with van der Waals surface area (Å²) in [6.45, 7) is 2.40. The summed E-state index contributed by atoms with van der Waals surface area (Å²) < 4.78 is 0. The van der Waals surface area contributed by atoms with Gasteiger partial charge in [-0.25, -0.2) is 0 Å². The fourth-order valence-corrected chi connectivity index (χ4v) is 2.91. The first-order chi connectivity index (χ1) is 9.33. The van der Waals surface area contributed by atoms with Gasteiger partial charge in [-0.15, -0.1) is 0 Å². The number of carbonyl (C=O) groups excluding carboxylic acids is 1. The lowest BCUT2D eigenvalue weighted by molar-refractivity contribution is -0.150. The summed E-state index contributed by atoms with van der Waals surface area (Å²) in [6.07, 6.45) is 1.24. The molecule has 1 aliphatic heterocycles. The average molecular weight is 316 g/mol. The van der Waals surface area contributed by atoms with Gasteiger partial charge in [-0.05, 0) is 38.0 Å². The second-order valence-electron chi connectivity index (χ2n) is 5.32. The third kappa shape index (κ3) is 2.91. The van der Waals surface area contributed by atoms with Gasteiger partial charge in [-0.3, -0.25) is 9.59 Å². The number of hydrogen-bond donors (Lipinski definition) is 1. The number of nitrogens with zero attached hydrogens (tertiary/aromatic N) is 1. The molecule has 108 valence electrons. The third-order valence-corrected chi connectivity index (χ3v) is 4.21. The van der Waals surface area contributed by atoms with Crippen molar-refractivity contribution in [2.45, 2.75) is 19.8 Å². The SMILES string of the molecule is CC1(C(=O)O)CCCN(C(=O)c2ccc(Cl)cc2Cl)C1. The Hall–Kier alpha value is -1.26. The molecule has 1 aromatic rings. The van der Waals surface area contributed by atoms with Crippen molar-refractivity contribution in [2.24, 2.45) is 5.41 Å². The minimum absolute atomic E-state index is 0.195. The summed E-state index contributed by atoms with van der Waals surface area (Å²) in [5, 5.41) is 10.0. The number of rotatable bonds is 2. The molecule has 1 aromatic carbocycles. The lowest BCUT2D eigenvalue weighted by Gasteiger charge is -2.37. The smallest absolute Gasteiger partial charge is 0.311 e. The topological polar surface area (TPSA) is 57.6 Å². The molecule has 1 unspecified atom stereocenters. The maximum Gasteiger partial charge on any atom is 0.311 e. The largest absolute Gasteiger partial charge is 0.481 e. The van der Waals surface area contributed by atoms with Gasteiger partial charge < -0.3 is 10.0 Å². The summed E-state index contributed by atoms with van der Waals surface area (Å²) in [6, 6.07) is 4.68. The predicted molar refractivity (Wildman–Crippen MR) is 77.3 cm³/mol. The molecule has 20 heavy (non-hydrogen) atoms. The third-order valence-electron chi connectivity index (χ3n) is 3.66. The van der Waals surface area contributed by atoms with E-state index < -0.39 is 11.4 Å². The first-order valence-electron chi connectivity index (χ1n) is 6.31. The molecule has 0 aliphatic carbocycles. The van der Waals surface area contributed by atoms with Crippen LogP contribution in [0.25, 0.3) is 0 Å². The van der Waals surface area contributed by atoms with Crippen LogP contribution in [-0.4, -0.2) is 35.0 Å². The molecule has 1 atom stereocenters. The standard InChI is InChI=1S/C14H15Cl2NO3/c1-14(13(19)20)5-2-6-17(8-14)12(18)10-4-3-9(15)7-11(10)16/h3-4,7H,2,5-6,8H2,1H3,(H,19,20). The Morgan fingerprint density at radius 2 is 2.05 bits per heavy atom. The van der Waals surface area contributed by atoms with E-state index in [4.69, 9.17) is 23.2 Å². The number of carboxylic acids is 1. The molecule has 0 radical (unpaired) electrons. The minimum Gasteiger partial charge on any atom is -0.481 e. The summed E-state index contributed by atoms with van der Waals surface area (Å²) in [5.74, 6) is -1.13. The molecule has 1 heterocycles. The molecule has 4 nitrogen and oxygen atoms in total. The highest BCUT2D eigenvalue weighted by Crippen LogP contribution is 2.31. The Balaban J connectivity index is 2.23. The zero-order valence-electron chi connectivity index (χ0n) is 11.0. The molecule has 0 aromatic heterocycles. The normalized spacial score (nSPS) is 22.6. The maximum absolute atomic E-state index is 12.4. The van der Waals surface area contributed by atoms with Crippen molar-refractivity contribution in [1.82, 2.24) is 4.90 Å². The van der Waals surface area contributed by atoms with Gasteiger partial charge >= 0.3 is 5.97 Å². The Morgan fingerprint density at radius 3 is 2.65 bits per heavy atom. The molecular weight excluding hydrogens is 301 g/mol. The number of benzene rings is 1. The van der Waals surface area contributed by atoms with E-state index in [0.29, 0.717) is 30.0 Å². The lowest BCUT2D eigenvalue weighted by Crippen LogP contribution is -2.48. The number of carbonyl (C=O) groups is 2. The number of likely N-dealkylation sites (tertiary alicyclic amines) is 1. The molecule has 1 aliphatic rings. The van der Waals surface area contributed by atoms with E-state index in [-0.39, 0.29) is 17.5 Å². The van der Waals surface area contributed by atoms with Gasteiger partial charge in [0.15, 0.2) is 0 Å². The van der Waals surface area contributed by atoms with E-state index in [2.05, 4.69) is 0 Å². The van der Waals surface area contributed by atoms with Crippen LogP contribution in [0.2, 0.25) is 10.0 Å². The number of halogens is 2. The van der Waals surface area contributed by atoms with Crippen LogP contribution < -0.4 is 0 Å². The van der Waals surface area contributed by atoms with Gasteiger partial charge in [0.2, 0.25) is 0 Å². The molecular formula is C14H15Cl2NO3. The van der Waals surface area contributed by atoms with Crippen LogP contribution in [-0.2, 0) is 4.79 Å². The molecule has 2 rings (SSSR count). The van der Waals surface area contributed by atoms with Crippen molar-refractivity contribution in [3.8, 4) is 0 Å². The van der Waals surface area contributed by atoms with E-state index in [1.165, 1.54) is 6.07 Å². The molecule has 0 bridgehead atoms. The van der Waals surface area contributed by atoms with Crippen LogP contribution in [0.1, 0.15) is 30.1 Å². The number of carboxylic acid groups (broad SMARTS) is 1. The molecule has 0 spiro atoms. The van der Waals surface area contributed by atoms with Gasteiger partial charge in [0.1, 0.15) is 0 Å². The molecule has 6 heteroatoms. The first-order valence-corrected chi connectivity index (χ1v) is 7.07. The summed E-state index contributed by atoms with van der Waals surface area (Å²) >= 11 is 11.8. The molecule has 1 saturated heterocycles. The van der Waals surface area contributed by atoms with E-state index in [1.54, 1.807) is 24.0 Å². The Labute approximate surface area is 127 Å². The monoisotopic (exact) mass is 315 g/mol. The summed E-state index contributed by atoms with van der Waals surface area (Å²) in [5.41, 5.74) is -0.544. The first kappa shape index (κ1) is 15.1.